The van der Waals surface area contributed by atoms with Crippen LogP contribution in [0.3, 0.4) is 0 Å². The number of halogens is 2. The van der Waals surface area contributed by atoms with Crippen LogP contribution in [0.1, 0.15) is 0 Å². The first-order valence-corrected chi connectivity index (χ1v) is 6.07. The third-order valence-electron chi connectivity index (χ3n) is 2.16. The topological polar surface area (TPSA) is 69.6 Å². The molecule has 0 radical (unpaired) electrons. The smallest absolute Gasteiger partial charge is 0.323 e. The largest absolute Gasteiger partial charge is 0.480 e. The van der Waals surface area contributed by atoms with E-state index in [4.69, 9.17) is 5.11 Å². The van der Waals surface area contributed by atoms with E-state index in [1.165, 1.54) is 18.2 Å². The van der Waals surface area contributed by atoms with Crippen LogP contribution in [0.25, 0.3) is 0 Å². The van der Waals surface area contributed by atoms with Gasteiger partial charge in [-0.15, -0.1) is 6.58 Å². The standard InChI is InChI=1S/C12H12BrFN2O3/c1-2-6-16(7-10(17)18)12(19)15-11-8(13)4-3-5-9(11)14/h2-5H,1,6-7H2,(H,15,19)(H,17,18). The van der Waals surface area contributed by atoms with Crippen LogP contribution in [0.2, 0.25) is 0 Å². The molecule has 0 saturated heterocycles. The van der Waals surface area contributed by atoms with Crippen molar-refractivity contribution in [3.05, 3.63) is 41.1 Å². The summed E-state index contributed by atoms with van der Waals surface area (Å²) in [5.74, 6) is -1.78. The van der Waals surface area contributed by atoms with E-state index in [2.05, 4.69) is 27.8 Å². The van der Waals surface area contributed by atoms with Crippen molar-refractivity contribution >= 4 is 33.6 Å². The number of hydrogen-bond acceptors (Lipinski definition) is 2. The molecule has 0 fully saturated rings. The minimum absolute atomic E-state index is 0.0352. The number of rotatable bonds is 5. The van der Waals surface area contributed by atoms with Crippen molar-refractivity contribution in [3.63, 3.8) is 0 Å². The summed E-state index contributed by atoms with van der Waals surface area (Å²) < 4.78 is 13.9. The van der Waals surface area contributed by atoms with Gasteiger partial charge in [0.25, 0.3) is 0 Å². The molecule has 0 aliphatic rings. The second kappa shape index (κ2) is 6.89. The van der Waals surface area contributed by atoms with Gasteiger partial charge in [-0.05, 0) is 28.1 Å². The first-order chi connectivity index (χ1) is 8.95. The highest BCUT2D eigenvalue weighted by molar-refractivity contribution is 9.10. The van der Waals surface area contributed by atoms with Gasteiger partial charge in [-0.2, -0.15) is 0 Å². The number of carboxylic acids is 1. The molecular weight excluding hydrogens is 319 g/mol. The molecule has 5 nitrogen and oxygen atoms in total. The van der Waals surface area contributed by atoms with Gasteiger partial charge >= 0.3 is 12.0 Å². The van der Waals surface area contributed by atoms with Gasteiger partial charge in [0, 0.05) is 11.0 Å². The second-order valence-corrected chi connectivity index (χ2v) is 4.44. The monoisotopic (exact) mass is 330 g/mol. The lowest BCUT2D eigenvalue weighted by Crippen LogP contribution is -2.39. The fourth-order valence-corrected chi connectivity index (χ4v) is 1.78. The molecule has 0 heterocycles. The molecule has 2 N–H and O–H groups in total. The lowest BCUT2D eigenvalue weighted by Gasteiger charge is -2.20. The predicted molar refractivity (Wildman–Crippen MR) is 72.5 cm³/mol. The number of benzene rings is 1. The molecule has 2 amide bonds. The lowest BCUT2D eigenvalue weighted by molar-refractivity contribution is -0.137. The quantitative estimate of drug-likeness (QED) is 0.815. The normalized spacial score (nSPS) is 9.79. The number of nitrogens with zero attached hydrogens (tertiary/aromatic N) is 1. The summed E-state index contributed by atoms with van der Waals surface area (Å²) in [5, 5.41) is 11.0. The van der Waals surface area contributed by atoms with E-state index in [0.29, 0.717) is 4.47 Å². The van der Waals surface area contributed by atoms with Crippen LogP contribution >= 0.6 is 15.9 Å². The van der Waals surface area contributed by atoms with Crippen molar-refractivity contribution in [1.29, 1.82) is 0 Å². The van der Waals surface area contributed by atoms with Crippen LogP contribution in [-0.2, 0) is 4.79 Å². The Kier molecular flexibility index (Phi) is 5.50. The molecule has 1 aromatic rings. The third-order valence-corrected chi connectivity index (χ3v) is 2.82. The molecule has 0 aromatic heterocycles. The second-order valence-electron chi connectivity index (χ2n) is 3.59. The molecule has 1 aromatic carbocycles. The molecule has 0 unspecified atom stereocenters. The molecule has 1 rings (SSSR count). The maximum Gasteiger partial charge on any atom is 0.323 e. The van der Waals surface area contributed by atoms with Crippen molar-refractivity contribution in [2.75, 3.05) is 18.4 Å². The molecule has 0 spiro atoms. The zero-order valence-corrected chi connectivity index (χ0v) is 11.5. The summed E-state index contributed by atoms with van der Waals surface area (Å²) in [6.07, 6.45) is 1.39. The Morgan fingerprint density at radius 3 is 2.74 bits per heavy atom. The number of carbonyl (C=O) groups is 2. The van der Waals surface area contributed by atoms with Crippen molar-refractivity contribution in [2.45, 2.75) is 0 Å². The Labute approximate surface area is 117 Å². The number of hydrogen-bond donors (Lipinski definition) is 2. The van der Waals surface area contributed by atoms with Crippen molar-refractivity contribution in [2.24, 2.45) is 0 Å². The summed E-state index contributed by atoms with van der Waals surface area (Å²) in [4.78, 5) is 23.5. The van der Waals surface area contributed by atoms with Crippen LogP contribution in [-0.4, -0.2) is 35.1 Å². The average molecular weight is 331 g/mol. The van der Waals surface area contributed by atoms with Crippen LogP contribution in [0.4, 0.5) is 14.9 Å². The fraction of sp³-hybridized carbons (Fsp3) is 0.167. The van der Waals surface area contributed by atoms with Crippen molar-refractivity contribution in [3.8, 4) is 0 Å². The highest BCUT2D eigenvalue weighted by Gasteiger charge is 2.18. The SMILES string of the molecule is C=CCN(CC(=O)O)C(=O)Nc1c(F)cccc1Br. The average Bonchev–Trinajstić information content (AvgIpc) is 2.32. The molecule has 0 atom stereocenters. The third kappa shape index (κ3) is 4.36. The van der Waals surface area contributed by atoms with E-state index >= 15 is 0 Å². The molecule has 0 aliphatic heterocycles. The maximum absolute atomic E-state index is 13.5. The Hall–Kier alpha value is -1.89. The molecule has 0 aliphatic carbocycles. The van der Waals surface area contributed by atoms with Crippen LogP contribution in [0.15, 0.2) is 35.3 Å². The number of anilines is 1. The number of aliphatic carboxylic acids is 1. The Morgan fingerprint density at radius 1 is 1.53 bits per heavy atom. The van der Waals surface area contributed by atoms with Gasteiger partial charge in [0.1, 0.15) is 12.4 Å². The van der Waals surface area contributed by atoms with Crippen LogP contribution < -0.4 is 5.32 Å². The summed E-state index contributed by atoms with van der Waals surface area (Å²) in [6.45, 7) is 2.98. The number of carbonyl (C=O) groups excluding carboxylic acids is 1. The number of carboxylic acid groups (broad SMARTS) is 1. The Balaban J connectivity index is 2.86. The molecule has 0 saturated carbocycles. The maximum atomic E-state index is 13.5. The first-order valence-electron chi connectivity index (χ1n) is 5.28. The summed E-state index contributed by atoms with van der Waals surface area (Å²) in [5.41, 5.74) is -0.0352. The minimum Gasteiger partial charge on any atom is -0.480 e. The van der Waals surface area contributed by atoms with E-state index in [9.17, 15) is 14.0 Å². The van der Waals surface area contributed by atoms with Gasteiger partial charge < -0.3 is 15.3 Å². The van der Waals surface area contributed by atoms with Gasteiger partial charge in [-0.3, -0.25) is 4.79 Å². The molecular formula is C12H12BrFN2O3. The van der Waals surface area contributed by atoms with Gasteiger partial charge in [0.2, 0.25) is 0 Å². The summed E-state index contributed by atoms with van der Waals surface area (Å²) in [6, 6.07) is 3.52. The Bertz CT molecular complexity index is 487. The van der Waals surface area contributed by atoms with Crippen LogP contribution in [0.5, 0.6) is 0 Å². The van der Waals surface area contributed by atoms with E-state index in [0.717, 1.165) is 4.90 Å². The lowest BCUT2D eigenvalue weighted by atomic mass is 10.3. The van der Waals surface area contributed by atoms with Crippen LogP contribution in [0, 0.1) is 5.82 Å². The van der Waals surface area contributed by atoms with E-state index in [1.54, 1.807) is 6.07 Å². The van der Waals surface area contributed by atoms with E-state index < -0.39 is 24.4 Å². The number of urea groups is 1. The van der Waals surface area contributed by atoms with E-state index in [-0.39, 0.29) is 12.2 Å². The fourth-order valence-electron chi connectivity index (χ4n) is 1.34. The zero-order chi connectivity index (χ0) is 14.4. The van der Waals surface area contributed by atoms with Crippen molar-refractivity contribution < 1.29 is 19.1 Å². The molecule has 0 bridgehead atoms. The Morgan fingerprint density at radius 2 is 2.21 bits per heavy atom. The van der Waals surface area contributed by atoms with Gasteiger partial charge in [0.15, 0.2) is 0 Å². The van der Waals surface area contributed by atoms with Gasteiger partial charge in [-0.25, -0.2) is 9.18 Å². The highest BCUT2D eigenvalue weighted by Crippen LogP contribution is 2.25. The predicted octanol–water partition coefficient (Wildman–Crippen LogP) is 2.69. The molecule has 102 valence electrons. The first kappa shape index (κ1) is 15.2. The van der Waals surface area contributed by atoms with Crippen molar-refractivity contribution in [1.82, 2.24) is 4.90 Å². The summed E-state index contributed by atoms with van der Waals surface area (Å²) >= 11 is 3.10. The highest BCUT2D eigenvalue weighted by atomic mass is 79.9. The molecule has 7 heteroatoms. The molecule has 19 heavy (non-hydrogen) atoms. The number of amides is 2. The number of para-hydroxylation sites is 1. The zero-order valence-electron chi connectivity index (χ0n) is 9.90. The number of nitrogens with one attached hydrogen (secondary N) is 1. The van der Waals surface area contributed by atoms with Gasteiger partial charge in [0.05, 0.1) is 5.69 Å². The van der Waals surface area contributed by atoms with Gasteiger partial charge in [-0.1, -0.05) is 12.1 Å². The minimum atomic E-state index is -1.16. The summed E-state index contributed by atoms with van der Waals surface area (Å²) in [7, 11) is 0. The van der Waals surface area contributed by atoms with E-state index in [1.807, 2.05) is 0 Å².